The number of rotatable bonds is 1. The van der Waals surface area contributed by atoms with E-state index in [4.69, 9.17) is 5.26 Å². The van der Waals surface area contributed by atoms with Gasteiger partial charge in [0.25, 0.3) is 0 Å². The Morgan fingerprint density at radius 3 is 2.89 bits per heavy atom. The number of hydrogen-bond donors (Lipinski definition) is 2. The van der Waals surface area contributed by atoms with Crippen molar-refractivity contribution in [1.82, 2.24) is 10.6 Å². The van der Waals surface area contributed by atoms with Crippen LogP contribution in [0.15, 0.2) is 4.99 Å². The molecule has 0 fully saturated rings. The number of guanidine groups is 1. The lowest BCUT2D eigenvalue weighted by Crippen LogP contribution is -2.34. The molecule has 0 saturated heterocycles. The molecule has 0 aliphatic rings. The van der Waals surface area contributed by atoms with Crippen molar-refractivity contribution in [2.75, 3.05) is 13.6 Å². The molecule has 0 rings (SSSR count). The summed E-state index contributed by atoms with van der Waals surface area (Å²) >= 11 is 0. The summed E-state index contributed by atoms with van der Waals surface area (Å²) in [7, 11) is 1.68. The molecular weight excluding hydrogens is 116 g/mol. The van der Waals surface area contributed by atoms with Crippen LogP contribution in [0.25, 0.3) is 0 Å². The maximum atomic E-state index is 8.06. The first kappa shape index (κ1) is 7.76. The Hall–Kier alpha value is -1.24. The minimum absolute atomic E-state index is 0.451. The molecule has 0 aromatic heterocycles. The van der Waals surface area contributed by atoms with Crippen molar-refractivity contribution < 1.29 is 0 Å². The number of nitrogens with one attached hydrogen (secondary N) is 2. The van der Waals surface area contributed by atoms with Gasteiger partial charge < -0.3 is 10.6 Å². The van der Waals surface area contributed by atoms with Gasteiger partial charge in [-0.3, -0.25) is 0 Å². The van der Waals surface area contributed by atoms with E-state index in [-0.39, 0.29) is 0 Å². The van der Waals surface area contributed by atoms with E-state index in [0.29, 0.717) is 12.5 Å². The number of nitriles is 1. The highest BCUT2D eigenvalue weighted by molar-refractivity contribution is 5.80. The molecule has 0 aromatic rings. The molecule has 0 amide bonds. The molecule has 0 unspecified atom stereocenters. The van der Waals surface area contributed by atoms with Crippen molar-refractivity contribution in [2.45, 2.75) is 0 Å². The van der Waals surface area contributed by atoms with E-state index < -0.39 is 0 Å². The van der Waals surface area contributed by atoms with Crippen molar-refractivity contribution >= 4 is 5.96 Å². The van der Waals surface area contributed by atoms with Gasteiger partial charge in [0.2, 0.25) is 12.2 Å². The van der Waals surface area contributed by atoms with Gasteiger partial charge in [-0.15, -0.1) is 4.99 Å². The van der Waals surface area contributed by atoms with Gasteiger partial charge in [-0.05, 0) is 6.92 Å². The largest absolute Gasteiger partial charge is 0.359 e. The van der Waals surface area contributed by atoms with Crippen LogP contribution >= 0.6 is 0 Å². The normalized spacial score (nSPS) is 10.1. The SMILES string of the molecule is [CH2]CN/C(=N\C#N)NC. The summed E-state index contributed by atoms with van der Waals surface area (Å²) in [6.45, 7) is 4.03. The van der Waals surface area contributed by atoms with Crippen LogP contribution in [0.5, 0.6) is 0 Å². The lowest BCUT2D eigenvalue weighted by Gasteiger charge is -2.01. The smallest absolute Gasteiger partial charge is 0.209 e. The second-order valence-corrected chi connectivity index (χ2v) is 1.24. The number of aliphatic imine (C=N–C) groups is 1. The van der Waals surface area contributed by atoms with Crippen LogP contribution in [0.2, 0.25) is 0 Å². The van der Waals surface area contributed by atoms with Gasteiger partial charge in [-0.25, -0.2) is 0 Å². The molecule has 0 bridgehead atoms. The molecule has 1 radical (unpaired) electrons. The third kappa shape index (κ3) is 3.35. The molecule has 2 N–H and O–H groups in total. The Kier molecular flexibility index (Phi) is 4.23. The van der Waals surface area contributed by atoms with Crippen LogP contribution in [0.4, 0.5) is 0 Å². The van der Waals surface area contributed by atoms with E-state index in [1.165, 1.54) is 0 Å². The van der Waals surface area contributed by atoms with Gasteiger partial charge >= 0.3 is 0 Å². The fourth-order valence-corrected chi connectivity index (χ4v) is 0.352. The predicted molar refractivity (Wildman–Crippen MR) is 35.5 cm³/mol. The van der Waals surface area contributed by atoms with Gasteiger partial charge in [0.05, 0.1) is 0 Å². The summed E-state index contributed by atoms with van der Waals surface area (Å²) in [6, 6.07) is 0. The van der Waals surface area contributed by atoms with E-state index in [9.17, 15) is 0 Å². The maximum absolute atomic E-state index is 8.06. The average Bonchev–Trinajstić information content (AvgIpc) is 1.88. The van der Waals surface area contributed by atoms with Gasteiger partial charge in [0.15, 0.2) is 0 Å². The molecule has 0 aromatic carbocycles. The Morgan fingerprint density at radius 1 is 1.89 bits per heavy atom. The molecule has 0 aliphatic heterocycles. The Balaban J connectivity index is 3.70. The van der Waals surface area contributed by atoms with Gasteiger partial charge in [0.1, 0.15) is 0 Å². The second kappa shape index (κ2) is 4.91. The highest BCUT2D eigenvalue weighted by atomic mass is 15.1. The van der Waals surface area contributed by atoms with Crippen LogP contribution in [0.3, 0.4) is 0 Å². The summed E-state index contributed by atoms with van der Waals surface area (Å²) < 4.78 is 0. The Bertz CT molecular complexity index is 132. The topological polar surface area (TPSA) is 60.2 Å². The number of nitrogens with zero attached hydrogens (tertiary/aromatic N) is 2. The van der Waals surface area contributed by atoms with Crippen molar-refractivity contribution in [1.29, 1.82) is 5.26 Å². The van der Waals surface area contributed by atoms with Crippen LogP contribution < -0.4 is 10.6 Å². The fraction of sp³-hybridized carbons (Fsp3) is 0.400. The highest BCUT2D eigenvalue weighted by Gasteiger charge is 1.87. The van der Waals surface area contributed by atoms with Crippen LogP contribution in [-0.2, 0) is 0 Å². The second-order valence-electron chi connectivity index (χ2n) is 1.24. The molecule has 0 atom stereocenters. The molecule has 0 heterocycles. The summed E-state index contributed by atoms with van der Waals surface area (Å²) in [4.78, 5) is 3.39. The molecule has 4 heteroatoms. The third-order valence-electron chi connectivity index (χ3n) is 0.691. The summed E-state index contributed by atoms with van der Waals surface area (Å²) in [5.74, 6) is 0.451. The Labute approximate surface area is 54.6 Å². The molecule has 0 spiro atoms. The summed E-state index contributed by atoms with van der Waals surface area (Å²) in [5.41, 5.74) is 0. The van der Waals surface area contributed by atoms with Crippen molar-refractivity contribution in [2.24, 2.45) is 4.99 Å². The van der Waals surface area contributed by atoms with Crippen molar-refractivity contribution in [3.8, 4) is 6.19 Å². The van der Waals surface area contributed by atoms with E-state index in [2.05, 4.69) is 22.5 Å². The summed E-state index contributed by atoms with van der Waals surface area (Å²) in [5, 5.41) is 13.5. The summed E-state index contributed by atoms with van der Waals surface area (Å²) in [6.07, 6.45) is 1.64. The highest BCUT2D eigenvalue weighted by Crippen LogP contribution is 1.63. The molecule has 4 nitrogen and oxygen atoms in total. The zero-order valence-corrected chi connectivity index (χ0v) is 5.31. The van der Waals surface area contributed by atoms with Crippen LogP contribution in [-0.4, -0.2) is 19.6 Å². The van der Waals surface area contributed by atoms with E-state index >= 15 is 0 Å². The molecule has 9 heavy (non-hydrogen) atoms. The third-order valence-corrected chi connectivity index (χ3v) is 0.691. The average molecular weight is 125 g/mol. The van der Waals surface area contributed by atoms with E-state index in [1.807, 2.05) is 0 Å². The first-order chi connectivity index (χ1) is 4.35. The van der Waals surface area contributed by atoms with E-state index in [0.717, 1.165) is 0 Å². The minimum atomic E-state index is 0.451. The first-order valence-corrected chi connectivity index (χ1v) is 2.52. The predicted octanol–water partition coefficient (Wildman–Crippen LogP) is -0.533. The lowest BCUT2D eigenvalue weighted by molar-refractivity contribution is 0.956. The zero-order chi connectivity index (χ0) is 7.11. The monoisotopic (exact) mass is 125 g/mol. The first-order valence-electron chi connectivity index (χ1n) is 2.52. The standard InChI is InChI=1S/C5H9N4/c1-3-8-5(7-2)9-4-6/h1,3H2,2H3,(H2,7,8,9). The van der Waals surface area contributed by atoms with Gasteiger partial charge in [0, 0.05) is 13.6 Å². The van der Waals surface area contributed by atoms with Crippen molar-refractivity contribution in [3.05, 3.63) is 6.92 Å². The maximum Gasteiger partial charge on any atom is 0.209 e. The quantitative estimate of drug-likeness (QED) is 0.281. The molecule has 0 aliphatic carbocycles. The Morgan fingerprint density at radius 2 is 2.56 bits per heavy atom. The van der Waals surface area contributed by atoms with Gasteiger partial charge in [-0.1, -0.05) is 0 Å². The number of hydrogen-bond acceptors (Lipinski definition) is 2. The molecule has 0 saturated carbocycles. The molecule has 49 valence electrons. The fourth-order valence-electron chi connectivity index (χ4n) is 0.352. The zero-order valence-electron chi connectivity index (χ0n) is 5.31. The van der Waals surface area contributed by atoms with Gasteiger partial charge in [-0.2, -0.15) is 5.26 Å². The van der Waals surface area contributed by atoms with E-state index in [1.54, 1.807) is 13.2 Å². The van der Waals surface area contributed by atoms with Crippen LogP contribution in [0.1, 0.15) is 0 Å². The molecular formula is C5H9N4. The van der Waals surface area contributed by atoms with Crippen molar-refractivity contribution in [3.63, 3.8) is 0 Å². The van der Waals surface area contributed by atoms with Crippen LogP contribution in [0, 0.1) is 18.4 Å². The minimum Gasteiger partial charge on any atom is -0.359 e. The lowest BCUT2D eigenvalue weighted by atomic mass is 10.7.